The third-order valence-corrected chi connectivity index (χ3v) is 5.93. The topological polar surface area (TPSA) is 58.6 Å². The number of hydrogen-bond donors (Lipinski definition) is 1. The summed E-state index contributed by atoms with van der Waals surface area (Å²) in [6.07, 6.45) is 4.15. The molecule has 3 rings (SSSR count). The van der Waals surface area contributed by atoms with E-state index in [9.17, 15) is 14.0 Å². The SMILES string of the molecule is CC[C@@H](C)NC(=O)[C@H]1COC2(CCC(C)CC2)N1C(=O)c1ccc(F)cc1. The van der Waals surface area contributed by atoms with Crippen molar-refractivity contribution in [2.75, 3.05) is 6.61 Å². The monoisotopic (exact) mass is 376 g/mol. The number of rotatable bonds is 4. The van der Waals surface area contributed by atoms with E-state index in [1.807, 2.05) is 13.8 Å². The molecule has 0 unspecified atom stereocenters. The zero-order valence-corrected chi connectivity index (χ0v) is 16.3. The van der Waals surface area contributed by atoms with Gasteiger partial charge in [-0.05, 0) is 69.2 Å². The molecule has 1 N–H and O–H groups in total. The van der Waals surface area contributed by atoms with Crippen LogP contribution in [0.2, 0.25) is 0 Å². The van der Waals surface area contributed by atoms with Crippen LogP contribution >= 0.6 is 0 Å². The Morgan fingerprint density at radius 2 is 1.93 bits per heavy atom. The Balaban J connectivity index is 1.90. The maximum absolute atomic E-state index is 13.3. The predicted molar refractivity (Wildman–Crippen MR) is 101 cm³/mol. The average molecular weight is 376 g/mol. The average Bonchev–Trinajstić information content (AvgIpc) is 3.03. The van der Waals surface area contributed by atoms with Crippen molar-refractivity contribution in [2.24, 2.45) is 5.92 Å². The van der Waals surface area contributed by atoms with Gasteiger partial charge in [0.05, 0.1) is 6.61 Å². The van der Waals surface area contributed by atoms with Crippen molar-refractivity contribution in [3.63, 3.8) is 0 Å². The highest BCUT2D eigenvalue weighted by Gasteiger charge is 2.53. The summed E-state index contributed by atoms with van der Waals surface area (Å²) in [4.78, 5) is 27.8. The minimum atomic E-state index is -0.741. The van der Waals surface area contributed by atoms with E-state index in [1.165, 1.54) is 24.3 Å². The van der Waals surface area contributed by atoms with Gasteiger partial charge in [0.2, 0.25) is 5.91 Å². The van der Waals surface area contributed by atoms with Gasteiger partial charge in [0.25, 0.3) is 5.91 Å². The van der Waals surface area contributed by atoms with Gasteiger partial charge in [-0.1, -0.05) is 13.8 Å². The Morgan fingerprint density at radius 1 is 1.30 bits per heavy atom. The van der Waals surface area contributed by atoms with E-state index in [1.54, 1.807) is 4.90 Å². The number of nitrogens with zero attached hydrogens (tertiary/aromatic N) is 1. The maximum atomic E-state index is 13.3. The smallest absolute Gasteiger partial charge is 0.256 e. The van der Waals surface area contributed by atoms with Gasteiger partial charge in [0.15, 0.2) is 0 Å². The van der Waals surface area contributed by atoms with Crippen molar-refractivity contribution in [1.82, 2.24) is 10.2 Å². The van der Waals surface area contributed by atoms with Crippen LogP contribution in [0.5, 0.6) is 0 Å². The van der Waals surface area contributed by atoms with E-state index in [4.69, 9.17) is 4.74 Å². The molecule has 0 aromatic heterocycles. The number of benzene rings is 1. The lowest BCUT2D eigenvalue weighted by molar-refractivity contribution is -0.128. The number of halogens is 1. The van der Waals surface area contributed by atoms with Crippen molar-refractivity contribution in [1.29, 1.82) is 0 Å². The van der Waals surface area contributed by atoms with Gasteiger partial charge in [-0.3, -0.25) is 14.5 Å². The summed E-state index contributed by atoms with van der Waals surface area (Å²) < 4.78 is 19.4. The highest BCUT2D eigenvalue weighted by molar-refractivity contribution is 5.98. The van der Waals surface area contributed by atoms with Crippen LogP contribution in [0.4, 0.5) is 4.39 Å². The van der Waals surface area contributed by atoms with E-state index in [-0.39, 0.29) is 24.5 Å². The van der Waals surface area contributed by atoms with Crippen LogP contribution in [0, 0.1) is 11.7 Å². The highest BCUT2D eigenvalue weighted by Crippen LogP contribution is 2.43. The van der Waals surface area contributed by atoms with Gasteiger partial charge in [-0.15, -0.1) is 0 Å². The fourth-order valence-electron chi connectivity index (χ4n) is 3.95. The molecule has 1 heterocycles. The van der Waals surface area contributed by atoms with Crippen LogP contribution in [-0.4, -0.2) is 41.1 Å². The quantitative estimate of drug-likeness (QED) is 0.875. The van der Waals surface area contributed by atoms with Gasteiger partial charge >= 0.3 is 0 Å². The van der Waals surface area contributed by atoms with Gasteiger partial charge in [0.1, 0.15) is 17.6 Å². The third kappa shape index (κ3) is 4.00. The first kappa shape index (κ1) is 19.8. The number of amides is 2. The summed E-state index contributed by atoms with van der Waals surface area (Å²) in [6, 6.07) is 4.85. The fourth-order valence-corrected chi connectivity index (χ4v) is 3.95. The third-order valence-electron chi connectivity index (χ3n) is 5.93. The number of carbonyl (C=O) groups excluding carboxylic acids is 2. The molecule has 1 aromatic rings. The van der Waals surface area contributed by atoms with E-state index < -0.39 is 17.6 Å². The van der Waals surface area contributed by atoms with Crippen LogP contribution < -0.4 is 5.32 Å². The van der Waals surface area contributed by atoms with E-state index in [2.05, 4.69) is 12.2 Å². The Hall–Kier alpha value is -1.95. The first-order valence-electron chi connectivity index (χ1n) is 9.90. The number of nitrogens with one attached hydrogen (secondary N) is 1. The Labute approximate surface area is 160 Å². The normalized spacial score (nSPS) is 29.0. The molecule has 1 saturated heterocycles. The van der Waals surface area contributed by atoms with Crippen molar-refractivity contribution in [2.45, 2.75) is 70.7 Å². The maximum Gasteiger partial charge on any atom is 0.256 e. The molecule has 1 aliphatic carbocycles. The van der Waals surface area contributed by atoms with E-state index in [0.29, 0.717) is 24.3 Å². The summed E-state index contributed by atoms with van der Waals surface area (Å²) in [5.41, 5.74) is -0.364. The highest BCUT2D eigenvalue weighted by atomic mass is 19.1. The zero-order chi connectivity index (χ0) is 19.6. The minimum Gasteiger partial charge on any atom is -0.353 e. The molecule has 1 saturated carbocycles. The summed E-state index contributed by atoms with van der Waals surface area (Å²) in [6.45, 7) is 6.34. The summed E-state index contributed by atoms with van der Waals surface area (Å²) in [7, 11) is 0. The molecule has 1 spiro atoms. The zero-order valence-electron chi connectivity index (χ0n) is 16.3. The summed E-state index contributed by atoms with van der Waals surface area (Å²) in [5, 5.41) is 2.97. The van der Waals surface area contributed by atoms with Crippen molar-refractivity contribution >= 4 is 11.8 Å². The predicted octanol–water partition coefficient (Wildman–Crippen LogP) is 3.49. The second-order valence-electron chi connectivity index (χ2n) is 7.96. The standard InChI is InChI=1S/C21H29FN2O3/c1-4-15(3)23-19(25)18-13-27-21(11-9-14(2)10-12-21)24(18)20(26)16-5-7-17(22)8-6-16/h5-8,14-15,18H,4,9-13H2,1-3H3,(H,23,25)/t14?,15-,18-,21?/m1/s1. The largest absolute Gasteiger partial charge is 0.353 e. The molecule has 27 heavy (non-hydrogen) atoms. The fraction of sp³-hybridized carbons (Fsp3) is 0.619. The Bertz CT molecular complexity index is 683. The molecule has 2 aliphatic rings. The first-order valence-corrected chi connectivity index (χ1v) is 9.90. The molecule has 2 fully saturated rings. The Kier molecular flexibility index (Phi) is 5.84. The van der Waals surface area contributed by atoms with Gasteiger partial charge in [-0.2, -0.15) is 0 Å². The lowest BCUT2D eigenvalue weighted by Gasteiger charge is -2.43. The van der Waals surface area contributed by atoms with Crippen LogP contribution in [0.15, 0.2) is 24.3 Å². The van der Waals surface area contributed by atoms with Crippen molar-refractivity contribution in [3.05, 3.63) is 35.6 Å². The molecule has 0 bridgehead atoms. The molecule has 2 atom stereocenters. The second kappa shape index (κ2) is 7.97. The summed E-state index contributed by atoms with van der Waals surface area (Å²) >= 11 is 0. The molecule has 2 amide bonds. The van der Waals surface area contributed by atoms with Gasteiger partial charge < -0.3 is 10.1 Å². The van der Waals surface area contributed by atoms with E-state index >= 15 is 0 Å². The lowest BCUT2D eigenvalue weighted by atomic mass is 9.83. The first-order chi connectivity index (χ1) is 12.9. The van der Waals surface area contributed by atoms with Crippen molar-refractivity contribution in [3.8, 4) is 0 Å². The molecule has 148 valence electrons. The summed E-state index contributed by atoms with van der Waals surface area (Å²) in [5.74, 6) is -0.270. The second-order valence-corrected chi connectivity index (χ2v) is 7.96. The number of ether oxygens (including phenoxy) is 1. The molecule has 5 nitrogen and oxygen atoms in total. The molecular weight excluding hydrogens is 347 g/mol. The molecule has 1 aromatic carbocycles. The molecule has 0 radical (unpaired) electrons. The Morgan fingerprint density at radius 3 is 2.52 bits per heavy atom. The lowest BCUT2D eigenvalue weighted by Crippen LogP contribution is -2.57. The van der Waals surface area contributed by atoms with Gasteiger partial charge in [0, 0.05) is 11.6 Å². The van der Waals surface area contributed by atoms with Crippen LogP contribution in [-0.2, 0) is 9.53 Å². The molecule has 6 heteroatoms. The number of hydrogen-bond acceptors (Lipinski definition) is 3. The van der Waals surface area contributed by atoms with Crippen molar-refractivity contribution < 1.29 is 18.7 Å². The van der Waals surface area contributed by atoms with Crippen LogP contribution in [0.3, 0.4) is 0 Å². The van der Waals surface area contributed by atoms with Crippen LogP contribution in [0.1, 0.15) is 63.2 Å². The minimum absolute atomic E-state index is 0.0307. The van der Waals surface area contributed by atoms with E-state index in [0.717, 1.165) is 19.3 Å². The van der Waals surface area contributed by atoms with Crippen LogP contribution in [0.25, 0.3) is 0 Å². The number of carbonyl (C=O) groups is 2. The molecule has 1 aliphatic heterocycles. The molecular formula is C21H29FN2O3. The van der Waals surface area contributed by atoms with Gasteiger partial charge in [-0.25, -0.2) is 4.39 Å².